The molecule has 0 amide bonds. The van der Waals surface area contributed by atoms with Gasteiger partial charge in [-0.2, -0.15) is 13.2 Å². The fraction of sp³-hybridized carbons (Fsp3) is 0.400. The summed E-state index contributed by atoms with van der Waals surface area (Å²) >= 11 is 1.01. The SMILES string of the molecule is CN=C(NCCc1nc(C(F)(F)F)cs1)NCc1ncccc1C. The highest BCUT2D eigenvalue weighted by atomic mass is 32.1. The maximum absolute atomic E-state index is 12.5. The summed E-state index contributed by atoms with van der Waals surface area (Å²) in [5, 5.41) is 7.64. The highest BCUT2D eigenvalue weighted by molar-refractivity contribution is 7.09. The van der Waals surface area contributed by atoms with Gasteiger partial charge in [0.15, 0.2) is 11.7 Å². The lowest BCUT2D eigenvalue weighted by Gasteiger charge is -2.12. The van der Waals surface area contributed by atoms with Crippen molar-refractivity contribution in [2.24, 2.45) is 4.99 Å². The molecule has 130 valence electrons. The van der Waals surface area contributed by atoms with Crippen molar-refractivity contribution in [3.63, 3.8) is 0 Å². The van der Waals surface area contributed by atoms with E-state index in [2.05, 4.69) is 25.6 Å². The largest absolute Gasteiger partial charge is 0.434 e. The monoisotopic (exact) mass is 357 g/mol. The molecule has 0 spiro atoms. The smallest absolute Gasteiger partial charge is 0.356 e. The number of hydrogen-bond donors (Lipinski definition) is 2. The van der Waals surface area contributed by atoms with Gasteiger partial charge in [-0.05, 0) is 18.6 Å². The zero-order chi connectivity index (χ0) is 17.6. The number of aryl methyl sites for hydroxylation is 1. The van der Waals surface area contributed by atoms with Crippen LogP contribution in [0.15, 0.2) is 28.7 Å². The topological polar surface area (TPSA) is 62.2 Å². The van der Waals surface area contributed by atoms with Crippen molar-refractivity contribution in [2.45, 2.75) is 26.1 Å². The maximum Gasteiger partial charge on any atom is 0.434 e. The Hall–Kier alpha value is -2.16. The molecule has 2 rings (SSSR count). The number of nitrogens with one attached hydrogen (secondary N) is 2. The molecule has 0 radical (unpaired) electrons. The van der Waals surface area contributed by atoms with Crippen LogP contribution in [0.25, 0.3) is 0 Å². The van der Waals surface area contributed by atoms with Crippen LogP contribution in [0.5, 0.6) is 0 Å². The molecule has 5 nitrogen and oxygen atoms in total. The van der Waals surface area contributed by atoms with E-state index in [9.17, 15) is 13.2 Å². The molecule has 0 atom stereocenters. The molecular weight excluding hydrogens is 339 g/mol. The molecule has 9 heteroatoms. The van der Waals surface area contributed by atoms with E-state index in [1.54, 1.807) is 13.2 Å². The van der Waals surface area contributed by atoms with E-state index in [4.69, 9.17) is 0 Å². The summed E-state index contributed by atoms with van der Waals surface area (Å²) in [6.07, 6.45) is -2.27. The lowest BCUT2D eigenvalue weighted by atomic mass is 10.2. The van der Waals surface area contributed by atoms with E-state index in [0.717, 1.165) is 28.0 Å². The van der Waals surface area contributed by atoms with Crippen LogP contribution in [0, 0.1) is 6.92 Å². The molecule has 0 aliphatic heterocycles. The van der Waals surface area contributed by atoms with Crippen molar-refractivity contribution < 1.29 is 13.2 Å². The number of aromatic nitrogens is 2. The number of hydrogen-bond acceptors (Lipinski definition) is 4. The van der Waals surface area contributed by atoms with Gasteiger partial charge in [0.25, 0.3) is 0 Å². The molecule has 0 unspecified atom stereocenters. The van der Waals surface area contributed by atoms with Crippen LogP contribution >= 0.6 is 11.3 Å². The van der Waals surface area contributed by atoms with E-state index >= 15 is 0 Å². The van der Waals surface area contributed by atoms with Crippen LogP contribution < -0.4 is 10.6 Å². The minimum absolute atomic E-state index is 0.393. The van der Waals surface area contributed by atoms with E-state index in [1.807, 2.05) is 19.1 Å². The standard InChI is InChI=1S/C15H18F3N5S/c1-10-4-3-6-20-11(10)8-22-14(19-2)21-7-5-13-23-12(9-24-13)15(16,17)18/h3-4,6,9H,5,7-8H2,1-2H3,(H2,19,21,22). The Labute approximate surface area is 142 Å². The van der Waals surface area contributed by atoms with Crippen molar-refractivity contribution in [1.29, 1.82) is 0 Å². The number of pyridine rings is 1. The van der Waals surface area contributed by atoms with Crippen LogP contribution in [0.4, 0.5) is 13.2 Å². The third kappa shape index (κ3) is 5.19. The summed E-state index contributed by atoms with van der Waals surface area (Å²) in [5.74, 6) is 0.563. The molecule has 2 heterocycles. The van der Waals surface area contributed by atoms with E-state index in [1.165, 1.54) is 0 Å². The first-order valence-electron chi connectivity index (χ1n) is 7.26. The fourth-order valence-corrected chi connectivity index (χ4v) is 2.74. The second kappa shape index (κ2) is 8.09. The summed E-state index contributed by atoms with van der Waals surface area (Å²) < 4.78 is 37.5. The van der Waals surface area contributed by atoms with Crippen molar-refractivity contribution in [3.8, 4) is 0 Å². The maximum atomic E-state index is 12.5. The summed E-state index contributed by atoms with van der Waals surface area (Å²) in [6.45, 7) is 2.93. The highest BCUT2D eigenvalue weighted by Crippen LogP contribution is 2.29. The number of thiazole rings is 1. The van der Waals surface area contributed by atoms with Crippen LogP contribution in [-0.2, 0) is 19.1 Å². The fourth-order valence-electron chi connectivity index (χ4n) is 1.94. The van der Waals surface area contributed by atoms with Gasteiger partial charge in [-0.25, -0.2) is 4.98 Å². The third-order valence-corrected chi connectivity index (χ3v) is 4.15. The minimum Gasteiger partial charge on any atom is -0.356 e. The minimum atomic E-state index is -4.39. The van der Waals surface area contributed by atoms with E-state index in [-0.39, 0.29) is 0 Å². The van der Waals surface area contributed by atoms with Gasteiger partial charge in [0.1, 0.15) is 0 Å². The quantitative estimate of drug-likeness (QED) is 0.638. The molecule has 24 heavy (non-hydrogen) atoms. The number of rotatable bonds is 5. The number of halogens is 3. The summed E-state index contributed by atoms with van der Waals surface area (Å²) in [6, 6.07) is 3.84. The van der Waals surface area contributed by atoms with Crippen LogP contribution in [0.1, 0.15) is 22.0 Å². The Morgan fingerprint density at radius 1 is 1.33 bits per heavy atom. The molecular formula is C15H18F3N5S. The Morgan fingerprint density at radius 2 is 2.12 bits per heavy atom. The predicted molar refractivity (Wildman–Crippen MR) is 88.0 cm³/mol. The van der Waals surface area contributed by atoms with Crippen LogP contribution in [0.2, 0.25) is 0 Å². The van der Waals surface area contributed by atoms with Crippen LogP contribution in [0.3, 0.4) is 0 Å². The first kappa shape index (κ1) is 18.2. The average molecular weight is 357 g/mol. The molecule has 0 saturated heterocycles. The number of nitrogens with zero attached hydrogens (tertiary/aromatic N) is 3. The predicted octanol–water partition coefficient (Wildman–Crippen LogP) is 2.77. The number of alkyl halides is 3. The Bertz CT molecular complexity index is 696. The molecule has 0 saturated carbocycles. The van der Waals surface area contributed by atoms with Gasteiger partial charge in [-0.1, -0.05) is 6.07 Å². The van der Waals surface area contributed by atoms with E-state index < -0.39 is 11.9 Å². The van der Waals surface area contributed by atoms with Crippen molar-refractivity contribution >= 4 is 17.3 Å². The van der Waals surface area contributed by atoms with Gasteiger partial charge < -0.3 is 10.6 Å². The molecule has 0 aliphatic carbocycles. The highest BCUT2D eigenvalue weighted by Gasteiger charge is 2.33. The van der Waals surface area contributed by atoms with Crippen molar-refractivity contribution in [3.05, 3.63) is 45.7 Å². The van der Waals surface area contributed by atoms with Gasteiger partial charge in [0.05, 0.1) is 17.2 Å². The molecule has 2 aromatic heterocycles. The van der Waals surface area contributed by atoms with Gasteiger partial charge in [0.2, 0.25) is 0 Å². The second-order valence-electron chi connectivity index (χ2n) is 4.99. The number of aliphatic imine (C=N–C) groups is 1. The normalized spacial score (nSPS) is 12.3. The molecule has 2 N–H and O–H groups in total. The van der Waals surface area contributed by atoms with Crippen molar-refractivity contribution in [2.75, 3.05) is 13.6 Å². The van der Waals surface area contributed by atoms with E-state index in [0.29, 0.717) is 30.5 Å². The lowest BCUT2D eigenvalue weighted by molar-refractivity contribution is -0.140. The third-order valence-electron chi connectivity index (χ3n) is 3.24. The zero-order valence-electron chi connectivity index (χ0n) is 13.3. The average Bonchev–Trinajstić information content (AvgIpc) is 3.01. The van der Waals surface area contributed by atoms with Gasteiger partial charge in [-0.3, -0.25) is 9.98 Å². The molecule has 0 aromatic carbocycles. The van der Waals surface area contributed by atoms with Crippen LogP contribution in [-0.4, -0.2) is 29.5 Å². The first-order chi connectivity index (χ1) is 11.4. The summed E-state index contributed by atoms with van der Waals surface area (Å²) in [4.78, 5) is 11.9. The molecule has 0 fully saturated rings. The Kier molecular flexibility index (Phi) is 6.13. The van der Waals surface area contributed by atoms with Gasteiger partial charge >= 0.3 is 6.18 Å². The zero-order valence-corrected chi connectivity index (χ0v) is 14.1. The van der Waals surface area contributed by atoms with Gasteiger partial charge in [0, 0.05) is 31.6 Å². The Morgan fingerprint density at radius 3 is 2.75 bits per heavy atom. The summed E-state index contributed by atoms with van der Waals surface area (Å²) in [7, 11) is 1.63. The number of guanidine groups is 1. The molecule has 2 aromatic rings. The van der Waals surface area contributed by atoms with Gasteiger partial charge in [-0.15, -0.1) is 11.3 Å². The lowest BCUT2D eigenvalue weighted by Crippen LogP contribution is -2.38. The first-order valence-corrected chi connectivity index (χ1v) is 8.14. The summed E-state index contributed by atoms with van der Waals surface area (Å²) in [5.41, 5.74) is 1.15. The second-order valence-corrected chi connectivity index (χ2v) is 5.94. The Balaban J connectivity index is 1.80. The van der Waals surface area contributed by atoms with Crippen molar-refractivity contribution in [1.82, 2.24) is 20.6 Å². The molecule has 0 bridgehead atoms. The molecule has 0 aliphatic rings.